The number of rotatable bonds is 7. The molecular weight excluding hydrogens is 250 g/mol. The van der Waals surface area contributed by atoms with E-state index in [1.807, 2.05) is 13.8 Å². The van der Waals surface area contributed by atoms with Gasteiger partial charge in [-0.05, 0) is 57.4 Å². The smallest absolute Gasteiger partial charge is 0.161 e. The SMILES string of the molecule is CCCC1(c2ccc(OCC)c(OCC)c2)CCCN1. The van der Waals surface area contributed by atoms with Crippen molar-refractivity contribution in [3.05, 3.63) is 23.8 Å². The lowest BCUT2D eigenvalue weighted by Gasteiger charge is -2.30. The lowest BCUT2D eigenvalue weighted by molar-refractivity contribution is 0.285. The van der Waals surface area contributed by atoms with Crippen molar-refractivity contribution in [2.75, 3.05) is 19.8 Å². The van der Waals surface area contributed by atoms with Crippen molar-refractivity contribution >= 4 is 0 Å². The normalized spacial score (nSPS) is 21.9. The summed E-state index contributed by atoms with van der Waals surface area (Å²) >= 11 is 0. The van der Waals surface area contributed by atoms with Crippen LogP contribution in [0.1, 0.15) is 52.0 Å². The van der Waals surface area contributed by atoms with Gasteiger partial charge < -0.3 is 14.8 Å². The number of hydrogen-bond acceptors (Lipinski definition) is 3. The van der Waals surface area contributed by atoms with E-state index in [4.69, 9.17) is 9.47 Å². The molecule has 112 valence electrons. The summed E-state index contributed by atoms with van der Waals surface area (Å²) in [6, 6.07) is 6.42. The van der Waals surface area contributed by atoms with E-state index >= 15 is 0 Å². The van der Waals surface area contributed by atoms with Crippen molar-refractivity contribution in [1.29, 1.82) is 0 Å². The second kappa shape index (κ2) is 6.98. The first-order valence-electron chi connectivity index (χ1n) is 7.91. The molecule has 3 heteroatoms. The van der Waals surface area contributed by atoms with Gasteiger partial charge in [-0.3, -0.25) is 0 Å². The highest BCUT2D eigenvalue weighted by atomic mass is 16.5. The highest BCUT2D eigenvalue weighted by Crippen LogP contribution is 2.39. The van der Waals surface area contributed by atoms with Gasteiger partial charge in [0.2, 0.25) is 0 Å². The van der Waals surface area contributed by atoms with Crippen molar-refractivity contribution in [2.24, 2.45) is 0 Å². The molecule has 2 rings (SSSR count). The van der Waals surface area contributed by atoms with Crippen LogP contribution < -0.4 is 14.8 Å². The number of hydrogen-bond donors (Lipinski definition) is 1. The van der Waals surface area contributed by atoms with E-state index in [9.17, 15) is 0 Å². The van der Waals surface area contributed by atoms with Gasteiger partial charge in [0.15, 0.2) is 11.5 Å². The molecule has 0 aliphatic carbocycles. The van der Waals surface area contributed by atoms with Crippen LogP contribution in [-0.4, -0.2) is 19.8 Å². The Bertz CT molecular complexity index is 425. The first-order chi connectivity index (χ1) is 9.75. The molecule has 0 aromatic heterocycles. The standard InChI is InChI=1S/C17H27NO2/c1-4-10-17(11-7-12-18-17)14-8-9-15(19-5-2)16(13-14)20-6-3/h8-9,13,18H,4-7,10-12H2,1-3H3. The Balaban J connectivity index is 2.33. The summed E-state index contributed by atoms with van der Waals surface area (Å²) in [7, 11) is 0. The lowest BCUT2D eigenvalue weighted by Crippen LogP contribution is -2.36. The summed E-state index contributed by atoms with van der Waals surface area (Å²) in [6.45, 7) is 8.70. The van der Waals surface area contributed by atoms with E-state index in [0.717, 1.165) is 18.0 Å². The van der Waals surface area contributed by atoms with E-state index in [1.165, 1.54) is 31.2 Å². The van der Waals surface area contributed by atoms with E-state index in [0.29, 0.717) is 13.2 Å². The Kier molecular flexibility index (Phi) is 5.30. The van der Waals surface area contributed by atoms with Crippen molar-refractivity contribution in [3.8, 4) is 11.5 Å². The molecule has 1 aliphatic rings. The first-order valence-corrected chi connectivity index (χ1v) is 7.91. The second-order valence-corrected chi connectivity index (χ2v) is 5.39. The number of nitrogens with one attached hydrogen (secondary N) is 1. The summed E-state index contributed by atoms with van der Waals surface area (Å²) in [6.07, 6.45) is 4.81. The average Bonchev–Trinajstić information content (AvgIpc) is 2.91. The zero-order valence-electron chi connectivity index (χ0n) is 13.0. The minimum absolute atomic E-state index is 0.130. The third-order valence-electron chi connectivity index (χ3n) is 4.02. The molecule has 0 spiro atoms. The maximum atomic E-state index is 5.76. The fourth-order valence-electron chi connectivity index (χ4n) is 3.19. The highest BCUT2D eigenvalue weighted by molar-refractivity contribution is 5.45. The first kappa shape index (κ1) is 15.2. The largest absolute Gasteiger partial charge is 0.490 e. The van der Waals surface area contributed by atoms with Gasteiger partial charge in [0.1, 0.15) is 0 Å². The molecule has 1 unspecified atom stereocenters. The van der Waals surface area contributed by atoms with Crippen LogP contribution in [0.5, 0.6) is 11.5 Å². The van der Waals surface area contributed by atoms with Gasteiger partial charge in [-0.15, -0.1) is 0 Å². The van der Waals surface area contributed by atoms with E-state index in [-0.39, 0.29) is 5.54 Å². The maximum Gasteiger partial charge on any atom is 0.161 e. The second-order valence-electron chi connectivity index (χ2n) is 5.39. The molecule has 0 amide bonds. The van der Waals surface area contributed by atoms with Gasteiger partial charge >= 0.3 is 0 Å². The zero-order chi connectivity index (χ0) is 14.4. The number of ether oxygens (including phenoxy) is 2. The molecule has 1 heterocycles. The summed E-state index contributed by atoms with van der Waals surface area (Å²) in [5.74, 6) is 1.72. The van der Waals surface area contributed by atoms with Gasteiger partial charge in [0, 0.05) is 5.54 Å². The molecule has 0 bridgehead atoms. The molecule has 0 radical (unpaired) electrons. The molecule has 1 fully saturated rings. The molecule has 20 heavy (non-hydrogen) atoms. The van der Waals surface area contributed by atoms with E-state index < -0.39 is 0 Å². The third-order valence-corrected chi connectivity index (χ3v) is 4.02. The van der Waals surface area contributed by atoms with Crippen molar-refractivity contribution in [3.63, 3.8) is 0 Å². The van der Waals surface area contributed by atoms with Crippen molar-refractivity contribution in [1.82, 2.24) is 5.32 Å². The molecule has 1 aromatic rings. The Morgan fingerprint density at radius 1 is 1.10 bits per heavy atom. The zero-order valence-corrected chi connectivity index (χ0v) is 13.0. The van der Waals surface area contributed by atoms with Crippen molar-refractivity contribution in [2.45, 2.75) is 52.0 Å². The van der Waals surface area contributed by atoms with Crippen LogP contribution in [0, 0.1) is 0 Å². The fraction of sp³-hybridized carbons (Fsp3) is 0.647. The van der Waals surface area contributed by atoms with E-state index in [2.05, 4.69) is 30.4 Å². The quantitative estimate of drug-likeness (QED) is 0.821. The van der Waals surface area contributed by atoms with Gasteiger partial charge in [-0.1, -0.05) is 19.4 Å². The Labute approximate surface area is 122 Å². The molecule has 1 saturated heterocycles. The molecule has 0 saturated carbocycles. The molecule has 1 atom stereocenters. The summed E-state index contributed by atoms with van der Waals surface area (Å²) in [4.78, 5) is 0. The Hall–Kier alpha value is -1.22. The summed E-state index contributed by atoms with van der Waals surface area (Å²) in [5.41, 5.74) is 1.47. The summed E-state index contributed by atoms with van der Waals surface area (Å²) in [5, 5.41) is 3.71. The molecular formula is C17H27NO2. The van der Waals surface area contributed by atoms with Crippen molar-refractivity contribution < 1.29 is 9.47 Å². The topological polar surface area (TPSA) is 30.5 Å². The van der Waals surface area contributed by atoms with Gasteiger partial charge in [-0.2, -0.15) is 0 Å². The summed E-state index contributed by atoms with van der Waals surface area (Å²) < 4.78 is 11.4. The van der Waals surface area contributed by atoms with Gasteiger partial charge in [-0.25, -0.2) is 0 Å². The third kappa shape index (κ3) is 3.09. The predicted molar refractivity (Wildman–Crippen MR) is 82.6 cm³/mol. The number of benzene rings is 1. The van der Waals surface area contributed by atoms with Crippen LogP contribution in [0.3, 0.4) is 0 Å². The lowest BCUT2D eigenvalue weighted by atomic mass is 9.84. The van der Waals surface area contributed by atoms with Crippen LogP contribution >= 0.6 is 0 Å². The molecule has 1 aliphatic heterocycles. The predicted octanol–water partition coefficient (Wildman–Crippen LogP) is 3.86. The van der Waals surface area contributed by atoms with Crippen LogP contribution in [0.25, 0.3) is 0 Å². The van der Waals surface area contributed by atoms with Crippen LogP contribution in [-0.2, 0) is 5.54 Å². The van der Waals surface area contributed by atoms with E-state index in [1.54, 1.807) is 0 Å². The average molecular weight is 277 g/mol. The fourth-order valence-corrected chi connectivity index (χ4v) is 3.19. The molecule has 1 N–H and O–H groups in total. The van der Waals surface area contributed by atoms with Crippen LogP contribution in [0.15, 0.2) is 18.2 Å². The van der Waals surface area contributed by atoms with Crippen LogP contribution in [0.2, 0.25) is 0 Å². The highest BCUT2D eigenvalue weighted by Gasteiger charge is 2.34. The maximum absolute atomic E-state index is 5.76. The molecule has 1 aromatic carbocycles. The molecule has 3 nitrogen and oxygen atoms in total. The van der Waals surface area contributed by atoms with Gasteiger partial charge in [0.25, 0.3) is 0 Å². The minimum atomic E-state index is 0.130. The Morgan fingerprint density at radius 3 is 2.45 bits per heavy atom. The van der Waals surface area contributed by atoms with Gasteiger partial charge in [0.05, 0.1) is 13.2 Å². The minimum Gasteiger partial charge on any atom is -0.490 e. The monoisotopic (exact) mass is 277 g/mol. The Morgan fingerprint density at radius 2 is 1.85 bits per heavy atom. The van der Waals surface area contributed by atoms with Crippen LogP contribution in [0.4, 0.5) is 0 Å².